The van der Waals surface area contributed by atoms with Crippen molar-refractivity contribution in [2.45, 2.75) is 38.0 Å². The Bertz CT molecular complexity index is 1040. The summed E-state index contributed by atoms with van der Waals surface area (Å²) < 4.78 is 65.7. The zero-order chi connectivity index (χ0) is 20.9. The van der Waals surface area contributed by atoms with Gasteiger partial charge in [-0.3, -0.25) is 4.79 Å². The number of benzene rings is 2. The topological polar surface area (TPSA) is 87.3 Å². The molecule has 2 aromatic carbocycles. The number of nitrogens with one attached hydrogen (secondary N) is 3. The maximum Gasteiger partial charge on any atom is 0.416 e. The van der Waals surface area contributed by atoms with Crippen molar-refractivity contribution in [1.82, 2.24) is 4.72 Å². The van der Waals surface area contributed by atoms with Crippen LogP contribution in [-0.4, -0.2) is 20.5 Å². The van der Waals surface area contributed by atoms with Gasteiger partial charge in [-0.1, -0.05) is 17.7 Å². The van der Waals surface area contributed by atoms with E-state index in [0.29, 0.717) is 17.8 Å². The number of rotatable bonds is 2. The molecule has 1 aliphatic heterocycles. The summed E-state index contributed by atoms with van der Waals surface area (Å²) in [6.07, 6.45) is -6.10. The number of hydrogen-bond donors (Lipinski definition) is 3. The first kappa shape index (κ1) is 20.2. The van der Waals surface area contributed by atoms with Crippen molar-refractivity contribution in [2.24, 2.45) is 0 Å². The smallest absolute Gasteiger partial charge is 0.360 e. The van der Waals surface area contributed by atoms with Crippen molar-refractivity contribution in [3.63, 3.8) is 0 Å². The second-order valence-electron chi connectivity index (χ2n) is 6.67. The van der Waals surface area contributed by atoms with E-state index >= 15 is 0 Å². The summed E-state index contributed by atoms with van der Waals surface area (Å²) in [7, 11) is -4.16. The van der Waals surface area contributed by atoms with Gasteiger partial charge in [-0.15, -0.1) is 0 Å². The Morgan fingerprint density at radius 1 is 1.07 bits per heavy atom. The molecule has 0 aromatic heterocycles. The minimum Gasteiger partial charge on any atom is -0.360 e. The molecule has 28 heavy (non-hydrogen) atoms. The summed E-state index contributed by atoms with van der Waals surface area (Å²) in [6.45, 7) is 5.48. The molecule has 1 atom stereocenters. The minimum absolute atomic E-state index is 0.286. The van der Waals surface area contributed by atoms with Gasteiger partial charge in [0, 0.05) is 5.69 Å². The fourth-order valence-corrected chi connectivity index (χ4v) is 4.41. The zero-order valence-corrected chi connectivity index (χ0v) is 16.0. The first-order valence-corrected chi connectivity index (χ1v) is 9.75. The van der Waals surface area contributed by atoms with E-state index in [2.05, 4.69) is 15.4 Å². The molecule has 6 nitrogen and oxygen atoms in total. The number of sulfonamides is 1. The number of carbonyl (C=O) groups excluding carboxylic acids is 1. The number of alkyl halides is 3. The highest BCUT2D eigenvalue weighted by molar-refractivity contribution is 7.89. The Balaban J connectivity index is 1.92. The van der Waals surface area contributed by atoms with E-state index in [-0.39, 0.29) is 10.6 Å². The summed E-state index contributed by atoms with van der Waals surface area (Å²) in [4.78, 5) is 12.3. The lowest BCUT2D eigenvalue weighted by molar-refractivity contribution is -0.137. The van der Waals surface area contributed by atoms with Crippen LogP contribution in [0.3, 0.4) is 0 Å². The number of halogens is 3. The fourth-order valence-electron chi connectivity index (χ4n) is 3.15. The monoisotopic (exact) mass is 413 g/mol. The molecule has 0 unspecified atom stereocenters. The maximum atomic E-state index is 12.9. The van der Waals surface area contributed by atoms with E-state index in [1.165, 1.54) is 0 Å². The molecule has 0 saturated heterocycles. The third-order valence-electron chi connectivity index (χ3n) is 4.36. The van der Waals surface area contributed by atoms with Crippen molar-refractivity contribution in [1.29, 1.82) is 0 Å². The molecule has 3 N–H and O–H groups in total. The van der Waals surface area contributed by atoms with E-state index < -0.39 is 33.8 Å². The van der Waals surface area contributed by atoms with Crippen LogP contribution < -0.4 is 15.4 Å². The quantitative estimate of drug-likeness (QED) is 0.705. The lowest BCUT2D eigenvalue weighted by atomic mass is 10.1. The van der Waals surface area contributed by atoms with Crippen LogP contribution in [0.5, 0.6) is 0 Å². The normalized spacial score (nSPS) is 18.1. The molecule has 1 aliphatic rings. The lowest BCUT2D eigenvalue weighted by Gasteiger charge is -2.28. The molecule has 0 bridgehead atoms. The van der Waals surface area contributed by atoms with E-state index in [1.807, 2.05) is 19.1 Å². The first-order chi connectivity index (χ1) is 12.9. The number of carbonyl (C=O) groups is 1. The standard InChI is InChI=1S/C18H18F3N3O3S/c1-9-6-10(2)15(11(3)7-9)23-17(25)16-22-13-8-12(18(19,20)21)4-5-14(13)28(26,27)24-16/h4-8,16,22,24H,1-3H3,(H,23,25)/t16-/m0/s1. The molecule has 1 heterocycles. The van der Waals surface area contributed by atoms with Gasteiger partial charge in [-0.05, 0) is 50.1 Å². The highest BCUT2D eigenvalue weighted by atomic mass is 32.2. The Kier molecular flexibility index (Phi) is 4.88. The number of anilines is 2. The molecular weight excluding hydrogens is 395 g/mol. The Morgan fingerprint density at radius 3 is 2.25 bits per heavy atom. The molecule has 0 saturated carbocycles. The van der Waals surface area contributed by atoms with E-state index in [4.69, 9.17) is 0 Å². The van der Waals surface area contributed by atoms with Crippen LogP contribution in [0.25, 0.3) is 0 Å². The molecular formula is C18H18F3N3O3S. The first-order valence-electron chi connectivity index (χ1n) is 8.27. The number of hydrogen-bond acceptors (Lipinski definition) is 4. The molecule has 0 spiro atoms. The lowest BCUT2D eigenvalue weighted by Crippen LogP contribution is -2.51. The van der Waals surface area contributed by atoms with Crippen molar-refractivity contribution in [3.05, 3.63) is 52.6 Å². The van der Waals surface area contributed by atoms with Crippen molar-refractivity contribution in [2.75, 3.05) is 10.6 Å². The molecule has 10 heteroatoms. The third-order valence-corrected chi connectivity index (χ3v) is 5.84. The van der Waals surface area contributed by atoms with Gasteiger partial charge in [0.2, 0.25) is 10.0 Å². The van der Waals surface area contributed by atoms with Crippen LogP contribution in [0.2, 0.25) is 0 Å². The number of amides is 1. The summed E-state index contributed by atoms with van der Waals surface area (Å²) >= 11 is 0. The van der Waals surface area contributed by atoms with Gasteiger partial charge in [0.1, 0.15) is 4.90 Å². The maximum absolute atomic E-state index is 12.9. The number of fused-ring (bicyclic) bond motifs is 1. The minimum atomic E-state index is -4.64. The molecule has 3 rings (SSSR count). The van der Waals surface area contributed by atoms with Gasteiger partial charge in [-0.2, -0.15) is 17.9 Å². The average Bonchev–Trinajstić information content (AvgIpc) is 2.55. The summed E-state index contributed by atoms with van der Waals surface area (Å²) in [6, 6.07) is 5.92. The van der Waals surface area contributed by atoms with E-state index in [9.17, 15) is 26.4 Å². The highest BCUT2D eigenvalue weighted by Gasteiger charge is 2.37. The fraction of sp³-hybridized carbons (Fsp3) is 0.278. The van der Waals surface area contributed by atoms with Crippen molar-refractivity contribution < 1.29 is 26.4 Å². The Morgan fingerprint density at radius 2 is 1.68 bits per heavy atom. The van der Waals surface area contributed by atoms with Gasteiger partial charge in [0.25, 0.3) is 5.91 Å². The molecule has 2 aromatic rings. The van der Waals surface area contributed by atoms with Crippen molar-refractivity contribution >= 4 is 27.3 Å². The molecule has 0 fully saturated rings. The summed E-state index contributed by atoms with van der Waals surface area (Å²) in [5.41, 5.74) is 1.78. The number of aryl methyl sites for hydroxylation is 3. The van der Waals surface area contributed by atoms with Gasteiger partial charge >= 0.3 is 6.18 Å². The highest BCUT2D eigenvalue weighted by Crippen LogP contribution is 2.35. The average molecular weight is 413 g/mol. The van der Waals surface area contributed by atoms with Gasteiger partial charge < -0.3 is 10.6 Å². The predicted molar refractivity (Wildman–Crippen MR) is 98.5 cm³/mol. The van der Waals surface area contributed by atoms with Gasteiger partial charge in [0.15, 0.2) is 6.17 Å². The van der Waals surface area contributed by atoms with E-state index in [0.717, 1.165) is 22.8 Å². The Hall–Kier alpha value is -2.59. The van der Waals surface area contributed by atoms with E-state index in [1.54, 1.807) is 13.8 Å². The van der Waals surface area contributed by atoms with Crippen LogP contribution in [0.4, 0.5) is 24.5 Å². The van der Waals surface area contributed by atoms with Crippen LogP contribution in [0.1, 0.15) is 22.3 Å². The van der Waals surface area contributed by atoms with Gasteiger partial charge in [-0.25, -0.2) is 8.42 Å². The van der Waals surface area contributed by atoms with Crippen LogP contribution >= 0.6 is 0 Å². The second kappa shape index (κ2) is 6.78. The molecule has 1 amide bonds. The molecule has 0 radical (unpaired) electrons. The van der Waals surface area contributed by atoms with Crippen LogP contribution in [-0.2, 0) is 21.0 Å². The van der Waals surface area contributed by atoms with Crippen molar-refractivity contribution in [3.8, 4) is 0 Å². The summed E-state index contributed by atoms with van der Waals surface area (Å²) in [5, 5.41) is 5.17. The summed E-state index contributed by atoms with van der Waals surface area (Å²) in [5.74, 6) is -0.735. The zero-order valence-electron chi connectivity index (χ0n) is 15.2. The Labute approximate surface area is 160 Å². The van der Waals surface area contributed by atoms with Gasteiger partial charge in [0.05, 0.1) is 11.3 Å². The van der Waals surface area contributed by atoms with Crippen LogP contribution in [0.15, 0.2) is 35.2 Å². The van der Waals surface area contributed by atoms with Crippen LogP contribution in [0, 0.1) is 20.8 Å². The third kappa shape index (κ3) is 3.83. The molecule has 150 valence electrons. The SMILES string of the molecule is Cc1cc(C)c(NC(=O)[C@H]2Nc3cc(C(F)(F)F)ccc3S(=O)(=O)N2)c(C)c1. The predicted octanol–water partition coefficient (Wildman–Crippen LogP) is 3.30. The second-order valence-corrected chi connectivity index (χ2v) is 8.35. The molecule has 0 aliphatic carbocycles. The largest absolute Gasteiger partial charge is 0.416 e.